The van der Waals surface area contributed by atoms with E-state index in [1.54, 1.807) is 23.0 Å². The number of aryl methyl sites for hydroxylation is 2. The predicted molar refractivity (Wildman–Crippen MR) is 135 cm³/mol. The van der Waals surface area contributed by atoms with Crippen molar-refractivity contribution in [3.05, 3.63) is 45.1 Å². The lowest BCUT2D eigenvalue weighted by Gasteiger charge is -2.28. The molecule has 3 aromatic rings. The largest absolute Gasteiger partial charge is 0.378 e. The third-order valence-electron chi connectivity index (χ3n) is 6.32. The molecule has 1 aromatic carbocycles. The number of thioether (sulfide) groups is 1. The summed E-state index contributed by atoms with van der Waals surface area (Å²) in [5, 5.41) is 3.95. The zero-order chi connectivity index (χ0) is 22.9. The monoisotopic (exact) mass is 484 g/mol. The lowest BCUT2D eigenvalue weighted by Crippen LogP contribution is -2.36. The molecule has 1 fully saturated rings. The fourth-order valence-electron chi connectivity index (χ4n) is 4.41. The zero-order valence-corrected chi connectivity index (χ0v) is 20.6. The maximum Gasteiger partial charge on any atom is 0.262 e. The van der Waals surface area contributed by atoms with E-state index >= 15 is 0 Å². The standard InChI is InChI=1S/C24H28N4O3S2/c1-15(21(29)25-16-7-9-17(10-8-16)28-11-13-31-14-12-28)32-24-26-22-20(23(30)27(24)2)18-5-3-4-6-19(18)33-22/h7-10,15H,3-6,11-14H2,1-2H3,(H,25,29). The van der Waals surface area contributed by atoms with E-state index in [4.69, 9.17) is 9.72 Å². The molecule has 0 bridgehead atoms. The Balaban J connectivity index is 1.29. The van der Waals surface area contributed by atoms with Crippen molar-refractivity contribution in [1.82, 2.24) is 9.55 Å². The Kier molecular flexibility index (Phi) is 6.44. The van der Waals surface area contributed by atoms with Crippen molar-refractivity contribution < 1.29 is 9.53 Å². The maximum atomic E-state index is 13.1. The summed E-state index contributed by atoms with van der Waals surface area (Å²) in [6.45, 7) is 5.08. The van der Waals surface area contributed by atoms with Gasteiger partial charge in [-0.1, -0.05) is 11.8 Å². The molecule has 1 aliphatic carbocycles. The molecule has 1 saturated heterocycles. The molecule has 0 saturated carbocycles. The number of carbonyl (C=O) groups is 1. The number of fused-ring (bicyclic) bond motifs is 3. The summed E-state index contributed by atoms with van der Waals surface area (Å²) in [6, 6.07) is 7.90. The average Bonchev–Trinajstić information content (AvgIpc) is 3.21. The maximum absolute atomic E-state index is 13.1. The minimum Gasteiger partial charge on any atom is -0.378 e. The molecule has 174 valence electrons. The van der Waals surface area contributed by atoms with Crippen LogP contribution in [0.1, 0.15) is 30.2 Å². The third-order valence-corrected chi connectivity index (χ3v) is 8.65. The van der Waals surface area contributed by atoms with E-state index in [-0.39, 0.29) is 11.5 Å². The molecule has 1 amide bonds. The second kappa shape index (κ2) is 9.48. The minimum atomic E-state index is -0.394. The SMILES string of the molecule is CC(Sc1nc2sc3c(c2c(=O)n1C)CCCC3)C(=O)Nc1ccc(N2CCOCC2)cc1. The predicted octanol–water partition coefficient (Wildman–Crippen LogP) is 3.83. The van der Waals surface area contributed by atoms with Crippen molar-refractivity contribution in [2.45, 2.75) is 43.0 Å². The van der Waals surface area contributed by atoms with Crippen LogP contribution in [-0.2, 0) is 29.4 Å². The number of hydrogen-bond acceptors (Lipinski definition) is 7. The highest BCUT2D eigenvalue weighted by molar-refractivity contribution is 8.00. The molecule has 0 spiro atoms. The van der Waals surface area contributed by atoms with E-state index in [0.717, 1.165) is 67.2 Å². The number of thiophene rings is 1. The van der Waals surface area contributed by atoms with Crippen molar-refractivity contribution in [2.75, 3.05) is 36.5 Å². The van der Waals surface area contributed by atoms with Gasteiger partial charge in [0.1, 0.15) is 4.83 Å². The van der Waals surface area contributed by atoms with Crippen molar-refractivity contribution in [1.29, 1.82) is 0 Å². The van der Waals surface area contributed by atoms with Crippen LogP contribution in [-0.4, -0.2) is 47.0 Å². The van der Waals surface area contributed by atoms with Gasteiger partial charge in [-0.3, -0.25) is 14.2 Å². The first-order valence-corrected chi connectivity index (χ1v) is 13.1. The third kappa shape index (κ3) is 4.54. The van der Waals surface area contributed by atoms with Gasteiger partial charge in [-0.15, -0.1) is 11.3 Å². The van der Waals surface area contributed by atoms with Gasteiger partial charge in [0.15, 0.2) is 5.16 Å². The molecule has 1 aliphatic heterocycles. The van der Waals surface area contributed by atoms with Crippen LogP contribution in [0.4, 0.5) is 11.4 Å². The second-order valence-electron chi connectivity index (χ2n) is 8.55. The van der Waals surface area contributed by atoms with Gasteiger partial charge in [-0.25, -0.2) is 4.98 Å². The van der Waals surface area contributed by atoms with Crippen LogP contribution in [0.5, 0.6) is 0 Å². The summed E-state index contributed by atoms with van der Waals surface area (Å²) in [4.78, 5) is 35.1. The summed E-state index contributed by atoms with van der Waals surface area (Å²) in [5.41, 5.74) is 3.07. The highest BCUT2D eigenvalue weighted by Crippen LogP contribution is 2.35. The summed E-state index contributed by atoms with van der Waals surface area (Å²) in [7, 11) is 1.75. The molecule has 1 N–H and O–H groups in total. The van der Waals surface area contributed by atoms with Gasteiger partial charge in [-0.05, 0) is 62.4 Å². The van der Waals surface area contributed by atoms with Crippen LogP contribution in [0.25, 0.3) is 10.2 Å². The number of aromatic nitrogens is 2. The normalized spacial score (nSPS) is 17.1. The van der Waals surface area contributed by atoms with Gasteiger partial charge in [0.25, 0.3) is 5.56 Å². The summed E-state index contributed by atoms with van der Waals surface area (Å²) in [6.07, 6.45) is 4.29. The van der Waals surface area contributed by atoms with Crippen LogP contribution in [0.15, 0.2) is 34.2 Å². The molecule has 9 heteroatoms. The molecule has 3 heterocycles. The van der Waals surface area contributed by atoms with Gasteiger partial charge in [0.05, 0.1) is 23.8 Å². The number of nitrogens with zero attached hydrogens (tertiary/aromatic N) is 3. The number of carbonyl (C=O) groups excluding carboxylic acids is 1. The number of hydrogen-bond donors (Lipinski definition) is 1. The molecule has 1 atom stereocenters. The molecule has 5 rings (SSSR count). The Labute approximate surface area is 201 Å². The molecular weight excluding hydrogens is 456 g/mol. The van der Waals surface area contributed by atoms with E-state index in [9.17, 15) is 9.59 Å². The number of morpholine rings is 1. The number of anilines is 2. The van der Waals surface area contributed by atoms with Crippen molar-refractivity contribution in [2.24, 2.45) is 7.05 Å². The number of benzene rings is 1. The molecule has 0 radical (unpaired) electrons. The first-order valence-electron chi connectivity index (χ1n) is 11.4. The Hall–Kier alpha value is -2.36. The van der Waals surface area contributed by atoms with Gasteiger partial charge >= 0.3 is 0 Å². The quantitative estimate of drug-likeness (QED) is 0.438. The van der Waals surface area contributed by atoms with Crippen LogP contribution in [0, 0.1) is 0 Å². The first kappa shape index (κ1) is 22.4. The molecule has 7 nitrogen and oxygen atoms in total. The van der Waals surface area contributed by atoms with E-state index in [2.05, 4.69) is 10.2 Å². The summed E-state index contributed by atoms with van der Waals surface area (Å²) in [5.74, 6) is -0.112. The van der Waals surface area contributed by atoms with Crippen LogP contribution >= 0.6 is 23.1 Å². The number of ether oxygens (including phenoxy) is 1. The Morgan fingerprint density at radius 2 is 1.91 bits per heavy atom. The van der Waals surface area contributed by atoms with Gasteiger partial charge in [0, 0.05) is 36.4 Å². The van der Waals surface area contributed by atoms with Crippen molar-refractivity contribution in [3.8, 4) is 0 Å². The van der Waals surface area contributed by atoms with Gasteiger partial charge in [-0.2, -0.15) is 0 Å². The molecular formula is C24H28N4O3S2. The molecule has 2 aromatic heterocycles. The topological polar surface area (TPSA) is 76.5 Å². The van der Waals surface area contributed by atoms with E-state index in [1.807, 2.05) is 31.2 Å². The van der Waals surface area contributed by atoms with E-state index in [0.29, 0.717) is 5.16 Å². The zero-order valence-electron chi connectivity index (χ0n) is 18.9. The molecule has 33 heavy (non-hydrogen) atoms. The Morgan fingerprint density at radius 1 is 1.18 bits per heavy atom. The summed E-state index contributed by atoms with van der Waals surface area (Å²) >= 11 is 2.96. The van der Waals surface area contributed by atoms with Crippen LogP contribution in [0.2, 0.25) is 0 Å². The second-order valence-corrected chi connectivity index (χ2v) is 10.9. The molecule has 2 aliphatic rings. The van der Waals surface area contributed by atoms with Crippen LogP contribution < -0.4 is 15.8 Å². The van der Waals surface area contributed by atoms with Crippen LogP contribution in [0.3, 0.4) is 0 Å². The first-order chi connectivity index (χ1) is 16.0. The lowest BCUT2D eigenvalue weighted by atomic mass is 9.97. The fraction of sp³-hybridized carbons (Fsp3) is 0.458. The molecule has 1 unspecified atom stereocenters. The smallest absolute Gasteiger partial charge is 0.262 e. The van der Waals surface area contributed by atoms with Gasteiger partial charge < -0.3 is 15.0 Å². The van der Waals surface area contributed by atoms with Gasteiger partial charge in [0.2, 0.25) is 5.91 Å². The highest BCUT2D eigenvalue weighted by Gasteiger charge is 2.23. The highest BCUT2D eigenvalue weighted by atomic mass is 32.2. The lowest BCUT2D eigenvalue weighted by molar-refractivity contribution is -0.115. The van der Waals surface area contributed by atoms with Crippen molar-refractivity contribution in [3.63, 3.8) is 0 Å². The number of rotatable bonds is 5. The Bertz CT molecular complexity index is 1230. The summed E-state index contributed by atoms with van der Waals surface area (Å²) < 4.78 is 7.00. The Morgan fingerprint density at radius 3 is 2.67 bits per heavy atom. The van der Waals surface area contributed by atoms with E-state index in [1.165, 1.54) is 28.6 Å². The number of amides is 1. The average molecular weight is 485 g/mol. The van der Waals surface area contributed by atoms with E-state index < -0.39 is 5.25 Å². The van der Waals surface area contributed by atoms with Crippen molar-refractivity contribution >= 4 is 50.6 Å². The number of nitrogens with one attached hydrogen (secondary N) is 1. The fourth-order valence-corrected chi connectivity index (χ4v) is 6.58. The minimum absolute atomic E-state index is 0.00629.